The van der Waals surface area contributed by atoms with Gasteiger partial charge in [-0.3, -0.25) is 4.79 Å². The van der Waals surface area contributed by atoms with Crippen LogP contribution in [0.2, 0.25) is 0 Å². The lowest BCUT2D eigenvalue weighted by molar-refractivity contribution is 0.0183. The highest BCUT2D eigenvalue weighted by molar-refractivity contribution is 6.03. The highest BCUT2D eigenvalue weighted by Crippen LogP contribution is 2.48. The lowest BCUT2D eigenvalue weighted by Crippen LogP contribution is -2.47. The van der Waals surface area contributed by atoms with Crippen LogP contribution < -0.4 is 5.32 Å². The van der Waals surface area contributed by atoms with Crippen molar-refractivity contribution in [1.29, 1.82) is 0 Å². The molecule has 26 heavy (non-hydrogen) atoms. The molecule has 1 N–H and O–H groups in total. The van der Waals surface area contributed by atoms with E-state index in [0.29, 0.717) is 23.4 Å². The molecule has 138 valence electrons. The Labute approximate surface area is 151 Å². The summed E-state index contributed by atoms with van der Waals surface area (Å²) in [5.74, 6) is 0.233. The van der Waals surface area contributed by atoms with E-state index >= 15 is 0 Å². The molecule has 1 aliphatic heterocycles. The molecule has 0 unspecified atom stereocenters. The quantitative estimate of drug-likeness (QED) is 0.913. The van der Waals surface area contributed by atoms with Crippen molar-refractivity contribution in [2.45, 2.75) is 51.3 Å². The van der Waals surface area contributed by atoms with E-state index in [9.17, 15) is 9.59 Å². The number of aromatic nitrogens is 1. The van der Waals surface area contributed by atoms with Crippen molar-refractivity contribution in [3.8, 4) is 0 Å². The van der Waals surface area contributed by atoms with E-state index in [-0.39, 0.29) is 29.8 Å². The van der Waals surface area contributed by atoms with E-state index in [1.54, 1.807) is 17.0 Å². The van der Waals surface area contributed by atoms with Crippen molar-refractivity contribution in [2.24, 2.45) is 5.92 Å². The molecular formula is C19H23N3O4. The van der Waals surface area contributed by atoms with Crippen molar-refractivity contribution in [3.05, 3.63) is 30.0 Å². The Morgan fingerprint density at radius 2 is 2.08 bits per heavy atom. The maximum Gasteiger partial charge on any atom is 0.410 e. The number of nitrogens with zero attached hydrogens (tertiary/aromatic N) is 2. The molecule has 1 saturated heterocycles. The smallest absolute Gasteiger partial charge is 0.410 e. The minimum Gasteiger partial charge on any atom is -0.444 e. The van der Waals surface area contributed by atoms with E-state index in [0.717, 1.165) is 12.8 Å². The molecule has 2 amide bonds. The van der Waals surface area contributed by atoms with Crippen molar-refractivity contribution in [1.82, 2.24) is 15.4 Å². The second-order valence-electron chi connectivity index (χ2n) is 8.08. The van der Waals surface area contributed by atoms with E-state index < -0.39 is 5.60 Å². The van der Waals surface area contributed by atoms with Gasteiger partial charge < -0.3 is 19.5 Å². The van der Waals surface area contributed by atoms with Crippen LogP contribution in [0.1, 0.15) is 44.1 Å². The number of benzene rings is 1. The molecule has 1 aromatic heterocycles. The van der Waals surface area contributed by atoms with Crippen LogP contribution in [0.3, 0.4) is 0 Å². The summed E-state index contributed by atoms with van der Waals surface area (Å²) in [7, 11) is 0. The van der Waals surface area contributed by atoms with Gasteiger partial charge in [0.1, 0.15) is 5.60 Å². The van der Waals surface area contributed by atoms with Gasteiger partial charge in [0.05, 0.1) is 11.4 Å². The third kappa shape index (κ3) is 3.13. The molecule has 1 aliphatic carbocycles. The number of amides is 2. The summed E-state index contributed by atoms with van der Waals surface area (Å²) < 4.78 is 10.7. The number of fused-ring (bicyclic) bond motifs is 2. The van der Waals surface area contributed by atoms with Crippen LogP contribution in [0.25, 0.3) is 11.0 Å². The molecule has 3 atom stereocenters. The van der Waals surface area contributed by atoms with Crippen LogP contribution in [0.4, 0.5) is 4.79 Å². The number of likely N-dealkylation sites (tertiary alicyclic amines) is 1. The van der Waals surface area contributed by atoms with Crippen molar-refractivity contribution in [3.63, 3.8) is 0 Å². The van der Waals surface area contributed by atoms with Crippen LogP contribution in [-0.4, -0.2) is 46.3 Å². The Kier molecular flexibility index (Phi) is 3.89. The molecule has 4 rings (SSSR count). The zero-order valence-corrected chi connectivity index (χ0v) is 15.2. The summed E-state index contributed by atoms with van der Waals surface area (Å²) in [4.78, 5) is 26.8. The van der Waals surface area contributed by atoms with Crippen LogP contribution in [0, 0.1) is 5.92 Å². The fourth-order valence-corrected chi connectivity index (χ4v) is 3.68. The monoisotopic (exact) mass is 357 g/mol. The predicted molar refractivity (Wildman–Crippen MR) is 94.7 cm³/mol. The Morgan fingerprint density at radius 3 is 2.85 bits per heavy atom. The molecular weight excluding hydrogens is 334 g/mol. The fraction of sp³-hybridized carbons (Fsp3) is 0.526. The number of nitrogens with one attached hydrogen (secondary N) is 1. The second kappa shape index (κ2) is 6.00. The van der Waals surface area contributed by atoms with Crippen LogP contribution in [-0.2, 0) is 4.74 Å². The topological polar surface area (TPSA) is 84.7 Å². The first-order valence-corrected chi connectivity index (χ1v) is 8.97. The van der Waals surface area contributed by atoms with Crippen LogP contribution >= 0.6 is 0 Å². The van der Waals surface area contributed by atoms with Gasteiger partial charge in [-0.2, -0.15) is 0 Å². The SMILES string of the molecule is CC(C)(C)OC(=O)N1[C@H](CNC(=O)c2noc3ccccc23)C[C@@H]2C[C@@H]21. The Bertz CT molecular complexity index is 854. The van der Waals surface area contributed by atoms with Gasteiger partial charge in [-0.25, -0.2) is 4.79 Å². The molecule has 0 radical (unpaired) electrons. The molecule has 7 nitrogen and oxygen atoms in total. The molecule has 7 heteroatoms. The summed E-state index contributed by atoms with van der Waals surface area (Å²) in [6.45, 7) is 5.96. The summed E-state index contributed by atoms with van der Waals surface area (Å²) in [6.07, 6.45) is 1.62. The van der Waals surface area contributed by atoms with Crippen LogP contribution in [0.5, 0.6) is 0 Å². The van der Waals surface area contributed by atoms with Crippen molar-refractivity contribution >= 4 is 23.0 Å². The highest BCUT2D eigenvalue weighted by Gasteiger charge is 2.54. The number of rotatable bonds is 3. The van der Waals surface area contributed by atoms with Gasteiger partial charge in [-0.1, -0.05) is 17.3 Å². The van der Waals surface area contributed by atoms with Gasteiger partial charge in [-0.15, -0.1) is 0 Å². The van der Waals surface area contributed by atoms with E-state index in [1.165, 1.54) is 0 Å². The first kappa shape index (κ1) is 16.9. The Morgan fingerprint density at radius 1 is 1.31 bits per heavy atom. The third-order valence-electron chi connectivity index (χ3n) is 4.91. The number of ether oxygens (including phenoxy) is 1. The van der Waals surface area contributed by atoms with Crippen molar-refractivity contribution in [2.75, 3.05) is 6.54 Å². The summed E-state index contributed by atoms with van der Waals surface area (Å²) >= 11 is 0. The molecule has 2 heterocycles. The molecule has 1 saturated carbocycles. The molecule has 1 aromatic carbocycles. The lowest BCUT2D eigenvalue weighted by atomic mass is 10.1. The van der Waals surface area contributed by atoms with Gasteiger partial charge >= 0.3 is 6.09 Å². The first-order valence-electron chi connectivity index (χ1n) is 8.97. The third-order valence-corrected chi connectivity index (χ3v) is 4.91. The number of carbonyl (C=O) groups excluding carboxylic acids is 2. The van der Waals surface area contributed by atoms with E-state index in [4.69, 9.17) is 9.26 Å². The van der Waals surface area contributed by atoms with Crippen molar-refractivity contribution < 1.29 is 18.8 Å². The summed E-state index contributed by atoms with van der Waals surface area (Å²) in [5, 5.41) is 7.46. The first-order chi connectivity index (χ1) is 12.3. The minimum absolute atomic E-state index is 0.0456. The Balaban J connectivity index is 1.42. The predicted octanol–water partition coefficient (Wildman–Crippen LogP) is 2.96. The average Bonchev–Trinajstić information content (AvgIpc) is 3.04. The zero-order chi connectivity index (χ0) is 18.5. The molecule has 2 aromatic rings. The Hall–Kier alpha value is -2.57. The van der Waals surface area contributed by atoms with Gasteiger partial charge in [0.2, 0.25) is 0 Å². The summed E-state index contributed by atoms with van der Waals surface area (Å²) in [5.41, 5.74) is 0.319. The largest absolute Gasteiger partial charge is 0.444 e. The fourth-order valence-electron chi connectivity index (χ4n) is 3.68. The number of hydrogen-bond donors (Lipinski definition) is 1. The normalized spacial score (nSPS) is 24.4. The maximum atomic E-state index is 12.5. The number of para-hydroxylation sites is 1. The van der Waals surface area contributed by atoms with Crippen LogP contribution in [0.15, 0.2) is 28.8 Å². The number of piperidine rings is 1. The van der Waals surface area contributed by atoms with Gasteiger partial charge in [-0.05, 0) is 51.7 Å². The standard InChI is InChI=1S/C19H23N3O4/c1-19(2,3)25-18(24)22-12(8-11-9-14(11)22)10-20-17(23)16-13-6-4-5-7-15(13)26-21-16/h4-7,11-12,14H,8-10H2,1-3H3,(H,20,23)/t11-,12+,14+/m1/s1. The van der Waals surface area contributed by atoms with Gasteiger partial charge in [0.25, 0.3) is 5.91 Å². The van der Waals surface area contributed by atoms with Gasteiger partial charge in [0.15, 0.2) is 11.3 Å². The summed E-state index contributed by atoms with van der Waals surface area (Å²) in [6, 6.07) is 7.45. The molecule has 2 aliphatic rings. The second-order valence-corrected chi connectivity index (χ2v) is 8.08. The maximum absolute atomic E-state index is 12.5. The molecule has 0 spiro atoms. The lowest BCUT2D eigenvalue weighted by Gasteiger charge is -2.30. The zero-order valence-electron chi connectivity index (χ0n) is 15.2. The number of hydrogen-bond acceptors (Lipinski definition) is 5. The number of carbonyl (C=O) groups is 2. The molecule has 2 fully saturated rings. The van der Waals surface area contributed by atoms with Gasteiger partial charge in [0, 0.05) is 12.6 Å². The highest BCUT2D eigenvalue weighted by atomic mass is 16.6. The minimum atomic E-state index is -0.530. The average molecular weight is 357 g/mol. The van der Waals surface area contributed by atoms with E-state index in [2.05, 4.69) is 10.5 Å². The van der Waals surface area contributed by atoms with E-state index in [1.807, 2.05) is 32.9 Å². The molecule has 0 bridgehead atoms.